The predicted molar refractivity (Wildman–Crippen MR) is 87.4 cm³/mol. The van der Waals surface area contributed by atoms with E-state index in [0.717, 1.165) is 17.7 Å². The highest BCUT2D eigenvalue weighted by atomic mass is 16.1. The van der Waals surface area contributed by atoms with Crippen LogP contribution in [0.15, 0.2) is 42.0 Å². The minimum absolute atomic E-state index is 0.0570. The first-order valence-corrected chi connectivity index (χ1v) is 7.56. The van der Waals surface area contributed by atoms with E-state index < -0.39 is 0 Å². The van der Waals surface area contributed by atoms with Gasteiger partial charge < -0.3 is 5.32 Å². The molecule has 106 valence electrons. The largest absolute Gasteiger partial charge is 0.380 e. The van der Waals surface area contributed by atoms with Gasteiger partial charge >= 0.3 is 0 Å². The molecule has 0 amide bonds. The van der Waals surface area contributed by atoms with Crippen molar-refractivity contribution in [3.8, 4) is 0 Å². The van der Waals surface area contributed by atoms with Crippen LogP contribution in [0.1, 0.15) is 32.3 Å². The number of hydrogen-bond donors (Lipinski definition) is 1. The molecule has 0 radical (unpaired) electrons. The van der Waals surface area contributed by atoms with Crippen molar-refractivity contribution in [2.45, 2.75) is 26.7 Å². The van der Waals surface area contributed by atoms with Gasteiger partial charge in [0, 0.05) is 29.8 Å². The second-order valence-corrected chi connectivity index (χ2v) is 6.96. The molecule has 0 spiro atoms. The zero-order chi connectivity index (χ0) is 14.6. The van der Waals surface area contributed by atoms with E-state index in [1.807, 2.05) is 0 Å². The second kappa shape index (κ2) is 4.20. The third kappa shape index (κ3) is 1.90. The second-order valence-electron chi connectivity index (χ2n) is 6.96. The molecular formula is C19H19NO. The third-order valence-corrected chi connectivity index (χ3v) is 4.68. The van der Waals surface area contributed by atoms with Crippen LogP contribution in [-0.4, -0.2) is 12.3 Å². The van der Waals surface area contributed by atoms with Crippen LogP contribution in [0, 0.1) is 5.41 Å². The lowest BCUT2D eigenvalue weighted by Crippen LogP contribution is -2.30. The molecule has 0 aromatic heterocycles. The van der Waals surface area contributed by atoms with E-state index in [2.05, 4.69) is 55.6 Å². The molecule has 2 nitrogen and oxygen atoms in total. The van der Waals surface area contributed by atoms with Crippen LogP contribution < -0.4 is 5.32 Å². The molecular weight excluding hydrogens is 258 g/mol. The fraction of sp³-hybridized carbons (Fsp3) is 0.316. The van der Waals surface area contributed by atoms with Crippen LogP contribution in [0.5, 0.6) is 0 Å². The first-order chi connectivity index (χ1) is 10.1. The van der Waals surface area contributed by atoms with Crippen molar-refractivity contribution >= 4 is 27.8 Å². The van der Waals surface area contributed by atoms with Crippen LogP contribution in [0.3, 0.4) is 0 Å². The highest BCUT2D eigenvalue weighted by Crippen LogP contribution is 2.47. The Balaban J connectivity index is 2.03. The van der Waals surface area contributed by atoms with E-state index in [1.54, 1.807) is 0 Å². The highest BCUT2D eigenvalue weighted by molar-refractivity contribution is 6.12. The van der Waals surface area contributed by atoms with Gasteiger partial charge in [0.25, 0.3) is 0 Å². The van der Waals surface area contributed by atoms with Gasteiger partial charge in [-0.3, -0.25) is 4.79 Å². The number of rotatable bonds is 0. The van der Waals surface area contributed by atoms with Gasteiger partial charge in [-0.1, -0.05) is 44.2 Å². The number of carbonyl (C=O) groups is 1. The van der Waals surface area contributed by atoms with Gasteiger partial charge in [-0.2, -0.15) is 0 Å². The number of allylic oxidation sites excluding steroid dienone is 1. The summed E-state index contributed by atoms with van der Waals surface area (Å²) in [5.41, 5.74) is 4.73. The lowest BCUT2D eigenvalue weighted by Gasteiger charge is -2.36. The number of ketones is 1. The van der Waals surface area contributed by atoms with E-state index in [4.69, 9.17) is 0 Å². The lowest BCUT2D eigenvalue weighted by molar-refractivity contribution is -0.117. The molecule has 1 aliphatic heterocycles. The molecule has 0 saturated heterocycles. The average molecular weight is 277 g/mol. The van der Waals surface area contributed by atoms with Gasteiger partial charge in [-0.25, -0.2) is 0 Å². The zero-order valence-corrected chi connectivity index (χ0v) is 12.5. The lowest BCUT2D eigenvalue weighted by atomic mass is 9.70. The van der Waals surface area contributed by atoms with Gasteiger partial charge in [-0.15, -0.1) is 0 Å². The maximum atomic E-state index is 12.5. The Hall–Kier alpha value is -2.09. The van der Waals surface area contributed by atoms with Gasteiger partial charge in [0.1, 0.15) is 0 Å². The molecule has 0 saturated carbocycles. The number of nitrogens with one attached hydrogen (secondary N) is 1. The van der Waals surface area contributed by atoms with E-state index in [9.17, 15) is 4.79 Å². The van der Waals surface area contributed by atoms with Crippen LogP contribution in [0.4, 0.5) is 5.69 Å². The summed E-state index contributed by atoms with van der Waals surface area (Å²) in [6.07, 6.45) is 1.64. The van der Waals surface area contributed by atoms with Gasteiger partial charge in [-0.05, 0) is 34.2 Å². The standard InChI is InChI=1S/C19H19NO/c1-19(2)9-14-15(17(21)10-19)11-20-16-8-7-12-5-3-4-6-13(12)18(14)16/h3-8,20H,9-11H2,1-2H3. The minimum atomic E-state index is 0.0570. The summed E-state index contributed by atoms with van der Waals surface area (Å²) in [6, 6.07) is 12.7. The van der Waals surface area contributed by atoms with E-state index in [1.165, 1.54) is 21.9 Å². The molecule has 2 aliphatic rings. The van der Waals surface area contributed by atoms with Gasteiger partial charge in [0.15, 0.2) is 5.78 Å². The Bertz CT molecular complexity index is 798. The number of fused-ring (bicyclic) bond motifs is 4. The SMILES string of the molecule is CC1(C)CC(=O)C2=C(C1)c1c(ccc3ccccc13)NC2. The van der Waals surface area contributed by atoms with E-state index in [0.29, 0.717) is 18.7 Å². The van der Waals surface area contributed by atoms with Crippen molar-refractivity contribution in [3.05, 3.63) is 47.5 Å². The molecule has 2 aromatic carbocycles. The third-order valence-electron chi connectivity index (χ3n) is 4.68. The van der Waals surface area contributed by atoms with Crippen molar-refractivity contribution in [2.24, 2.45) is 5.41 Å². The minimum Gasteiger partial charge on any atom is -0.380 e. The number of hydrogen-bond acceptors (Lipinski definition) is 2. The Kier molecular flexibility index (Phi) is 2.53. The highest BCUT2D eigenvalue weighted by Gasteiger charge is 2.36. The quantitative estimate of drug-likeness (QED) is 0.773. The summed E-state index contributed by atoms with van der Waals surface area (Å²) in [4.78, 5) is 12.5. The molecule has 1 aliphatic carbocycles. The molecule has 0 atom stereocenters. The molecule has 2 heteroatoms. The molecule has 21 heavy (non-hydrogen) atoms. The van der Waals surface area contributed by atoms with Crippen molar-refractivity contribution in [1.82, 2.24) is 0 Å². The number of carbonyl (C=O) groups excluding carboxylic acids is 1. The molecule has 0 bridgehead atoms. The van der Waals surface area contributed by atoms with Crippen molar-refractivity contribution in [3.63, 3.8) is 0 Å². The fourth-order valence-electron chi connectivity index (χ4n) is 3.73. The Morgan fingerprint density at radius 2 is 1.81 bits per heavy atom. The Morgan fingerprint density at radius 3 is 2.67 bits per heavy atom. The Morgan fingerprint density at radius 1 is 1.00 bits per heavy atom. The predicted octanol–water partition coefficient (Wildman–Crippen LogP) is 4.41. The van der Waals surface area contributed by atoms with Crippen LogP contribution in [0.2, 0.25) is 0 Å². The summed E-state index contributed by atoms with van der Waals surface area (Å²) in [7, 11) is 0. The zero-order valence-electron chi connectivity index (χ0n) is 12.5. The van der Waals surface area contributed by atoms with Gasteiger partial charge in [0.2, 0.25) is 0 Å². The summed E-state index contributed by atoms with van der Waals surface area (Å²) in [5.74, 6) is 0.312. The first-order valence-electron chi connectivity index (χ1n) is 7.56. The number of anilines is 1. The van der Waals surface area contributed by atoms with Crippen molar-refractivity contribution < 1.29 is 4.79 Å². The first kappa shape index (κ1) is 12.6. The van der Waals surface area contributed by atoms with E-state index in [-0.39, 0.29) is 5.41 Å². The smallest absolute Gasteiger partial charge is 0.161 e. The molecule has 1 heterocycles. The maximum absolute atomic E-state index is 12.5. The maximum Gasteiger partial charge on any atom is 0.161 e. The van der Waals surface area contributed by atoms with Crippen molar-refractivity contribution in [2.75, 3.05) is 11.9 Å². The summed E-state index contributed by atoms with van der Waals surface area (Å²) in [6.45, 7) is 5.07. The topological polar surface area (TPSA) is 29.1 Å². The molecule has 1 N–H and O–H groups in total. The summed E-state index contributed by atoms with van der Waals surface area (Å²) >= 11 is 0. The average Bonchev–Trinajstić information content (AvgIpc) is 2.45. The van der Waals surface area contributed by atoms with E-state index >= 15 is 0 Å². The summed E-state index contributed by atoms with van der Waals surface area (Å²) < 4.78 is 0. The van der Waals surface area contributed by atoms with Crippen LogP contribution >= 0.6 is 0 Å². The van der Waals surface area contributed by atoms with Crippen LogP contribution in [-0.2, 0) is 4.79 Å². The monoisotopic (exact) mass is 277 g/mol. The molecule has 4 rings (SSSR count). The molecule has 0 unspecified atom stereocenters. The van der Waals surface area contributed by atoms with Crippen molar-refractivity contribution in [1.29, 1.82) is 0 Å². The number of Topliss-reactive ketones (excluding diaryl/α,β-unsaturated/α-hetero) is 1. The Labute approximate surface area is 124 Å². The summed E-state index contributed by atoms with van der Waals surface area (Å²) in [5, 5.41) is 5.92. The van der Waals surface area contributed by atoms with Gasteiger partial charge in [0.05, 0.1) is 0 Å². The molecule has 2 aromatic rings. The number of benzene rings is 2. The van der Waals surface area contributed by atoms with Crippen LogP contribution in [0.25, 0.3) is 16.3 Å². The molecule has 0 fully saturated rings. The fourth-order valence-corrected chi connectivity index (χ4v) is 3.73. The normalized spacial score (nSPS) is 20.0.